The van der Waals surface area contributed by atoms with E-state index in [0.717, 1.165) is 31.3 Å². The lowest BCUT2D eigenvalue weighted by molar-refractivity contribution is -0.274. The maximum Gasteiger partial charge on any atom is 0.573 e. The minimum Gasteiger partial charge on any atom is -0.406 e. The van der Waals surface area contributed by atoms with Gasteiger partial charge < -0.3 is 25.6 Å². The highest BCUT2D eigenvalue weighted by atomic mass is 19.4. The lowest BCUT2D eigenvalue weighted by Gasteiger charge is -2.27. The number of likely N-dealkylation sites (N-methyl/N-ethyl adjacent to an activating group) is 2. The number of rotatable bonds is 8. The molecule has 0 aliphatic carbocycles. The summed E-state index contributed by atoms with van der Waals surface area (Å²) in [5.74, 6) is 5.14. The number of amides is 1. The molecule has 220 valence electrons. The average Bonchev–Trinajstić information content (AvgIpc) is 3.48. The van der Waals surface area contributed by atoms with E-state index in [1.807, 2.05) is 18.9 Å². The molecule has 0 radical (unpaired) electrons. The van der Waals surface area contributed by atoms with Crippen LogP contribution in [0.4, 0.5) is 30.2 Å². The second-order valence-electron chi connectivity index (χ2n) is 10.1. The maximum atomic E-state index is 13.3. The van der Waals surface area contributed by atoms with Crippen LogP contribution in [0, 0.1) is 13.8 Å². The zero-order valence-electron chi connectivity index (χ0n) is 23.5. The summed E-state index contributed by atoms with van der Waals surface area (Å²) < 4.78 is 45.2. The number of halogens is 3. The average molecular weight is 574 g/mol. The summed E-state index contributed by atoms with van der Waals surface area (Å²) >= 11 is 0. The summed E-state index contributed by atoms with van der Waals surface area (Å²) in [5, 5.41) is 8.16. The molecule has 2 aromatic heterocycles. The lowest BCUT2D eigenvalue weighted by Crippen LogP contribution is -2.34. The van der Waals surface area contributed by atoms with Gasteiger partial charge in [0.25, 0.3) is 5.91 Å². The molecule has 5 N–H and O–H groups in total. The number of nitrogens with two attached hydrogens (primary N) is 2. The van der Waals surface area contributed by atoms with Crippen molar-refractivity contribution in [2.75, 3.05) is 42.4 Å². The van der Waals surface area contributed by atoms with Crippen molar-refractivity contribution < 1.29 is 22.7 Å². The summed E-state index contributed by atoms with van der Waals surface area (Å²) in [6.07, 6.45) is 0.499. The van der Waals surface area contributed by atoms with E-state index in [1.54, 1.807) is 38.0 Å². The van der Waals surface area contributed by atoms with E-state index < -0.39 is 18.0 Å². The molecule has 4 rings (SSSR count). The fourth-order valence-corrected chi connectivity index (χ4v) is 4.67. The molecule has 0 saturated carbocycles. The topological polar surface area (TPSA) is 131 Å². The number of nitrogens with one attached hydrogen (secondary N) is 1. The van der Waals surface area contributed by atoms with Crippen LogP contribution >= 0.6 is 0 Å². The first kappa shape index (κ1) is 29.7. The van der Waals surface area contributed by atoms with Crippen molar-refractivity contribution in [3.05, 3.63) is 65.4 Å². The number of pyridine rings is 1. The molecule has 1 aliphatic rings. The second kappa shape index (κ2) is 11.7. The minimum atomic E-state index is -4.91. The van der Waals surface area contributed by atoms with Crippen LogP contribution in [0.3, 0.4) is 0 Å². The predicted octanol–water partition coefficient (Wildman–Crippen LogP) is 3.36. The van der Waals surface area contributed by atoms with Gasteiger partial charge in [-0.2, -0.15) is 5.10 Å². The normalized spacial score (nSPS) is 16.1. The SMILES string of the molecule is Cc1ncc(NC(=O)c2cc(OC(F)(F)F)cc(N(C)C3CCN(C)C3)c2)cc1N(N)/C=C(\N)c1cnn(C)c1C. The molecule has 3 aromatic rings. The molecule has 0 bridgehead atoms. The first-order valence-electron chi connectivity index (χ1n) is 12.8. The van der Waals surface area contributed by atoms with E-state index in [-0.39, 0.29) is 17.3 Å². The number of nitrogens with zero attached hydrogens (tertiary/aromatic N) is 6. The number of hydrazine groups is 1. The second-order valence-corrected chi connectivity index (χ2v) is 10.1. The van der Waals surface area contributed by atoms with E-state index in [1.165, 1.54) is 29.5 Å². The van der Waals surface area contributed by atoms with Gasteiger partial charge in [-0.05, 0) is 52.1 Å². The Morgan fingerprint density at radius 3 is 2.54 bits per heavy atom. The van der Waals surface area contributed by atoms with Gasteiger partial charge in [0, 0.05) is 61.5 Å². The summed E-state index contributed by atoms with van der Waals surface area (Å²) in [6.45, 7) is 5.22. The van der Waals surface area contributed by atoms with Gasteiger partial charge in [-0.15, -0.1) is 13.2 Å². The third-order valence-electron chi connectivity index (χ3n) is 7.13. The fourth-order valence-electron chi connectivity index (χ4n) is 4.67. The molecule has 1 aromatic carbocycles. The molecular weight excluding hydrogens is 539 g/mol. The Morgan fingerprint density at radius 2 is 1.93 bits per heavy atom. The molecule has 1 fully saturated rings. The molecule has 1 aliphatic heterocycles. The van der Waals surface area contributed by atoms with Crippen LogP contribution in [0.2, 0.25) is 0 Å². The number of likely N-dealkylation sites (tertiary alicyclic amines) is 1. The van der Waals surface area contributed by atoms with E-state index in [4.69, 9.17) is 11.6 Å². The summed E-state index contributed by atoms with van der Waals surface area (Å²) in [5.41, 5.74) is 9.89. The fraction of sp³-hybridized carbons (Fsp3) is 0.370. The molecule has 1 unspecified atom stereocenters. The molecule has 14 heteroatoms. The monoisotopic (exact) mass is 573 g/mol. The van der Waals surface area contributed by atoms with E-state index >= 15 is 0 Å². The maximum absolute atomic E-state index is 13.3. The van der Waals surface area contributed by atoms with Gasteiger partial charge in [-0.3, -0.25) is 19.5 Å². The Balaban J connectivity index is 1.59. The van der Waals surface area contributed by atoms with Crippen molar-refractivity contribution in [2.24, 2.45) is 18.6 Å². The number of aromatic nitrogens is 3. The Kier molecular flexibility index (Phi) is 8.44. The molecule has 1 saturated heterocycles. The van der Waals surface area contributed by atoms with Crippen LogP contribution in [-0.4, -0.2) is 65.2 Å². The Morgan fingerprint density at radius 1 is 1.20 bits per heavy atom. The van der Waals surface area contributed by atoms with Crippen molar-refractivity contribution in [1.29, 1.82) is 0 Å². The van der Waals surface area contributed by atoms with Crippen molar-refractivity contribution >= 4 is 28.7 Å². The molecule has 41 heavy (non-hydrogen) atoms. The van der Waals surface area contributed by atoms with Gasteiger partial charge >= 0.3 is 6.36 Å². The van der Waals surface area contributed by atoms with Crippen molar-refractivity contribution in [2.45, 2.75) is 32.7 Å². The van der Waals surface area contributed by atoms with Crippen LogP contribution in [0.1, 0.15) is 33.7 Å². The van der Waals surface area contributed by atoms with Crippen LogP contribution in [-0.2, 0) is 7.05 Å². The first-order chi connectivity index (χ1) is 19.2. The van der Waals surface area contributed by atoms with Crippen LogP contribution in [0.15, 0.2) is 42.9 Å². The Hall–Kier alpha value is -4.30. The van der Waals surface area contributed by atoms with Crippen LogP contribution < -0.4 is 31.5 Å². The number of carbonyl (C=O) groups is 1. The third-order valence-corrected chi connectivity index (χ3v) is 7.13. The molecule has 3 heterocycles. The highest BCUT2D eigenvalue weighted by molar-refractivity contribution is 6.05. The Bertz CT molecular complexity index is 1450. The van der Waals surface area contributed by atoms with E-state index in [2.05, 4.69) is 25.0 Å². The molecule has 1 atom stereocenters. The number of alkyl halides is 3. The highest BCUT2D eigenvalue weighted by Crippen LogP contribution is 2.31. The van der Waals surface area contributed by atoms with E-state index in [0.29, 0.717) is 28.3 Å². The number of aryl methyl sites for hydroxylation is 2. The lowest BCUT2D eigenvalue weighted by atomic mass is 10.1. The number of benzene rings is 1. The van der Waals surface area contributed by atoms with E-state index in [9.17, 15) is 18.0 Å². The number of ether oxygens (including phenoxy) is 1. The largest absolute Gasteiger partial charge is 0.573 e. The minimum absolute atomic E-state index is 0.0112. The zero-order chi connectivity index (χ0) is 30.1. The molecular formula is C27H34F3N9O2. The van der Waals surface area contributed by atoms with Gasteiger partial charge in [0.05, 0.1) is 35.2 Å². The third kappa shape index (κ3) is 7.08. The standard InChI is InChI=1S/C27H34F3N9O2/c1-16-25(39(32)15-24(31)23-13-34-38(5)17(23)2)10-19(12-33-16)35-26(40)18-8-21(11-22(9-18)41-27(28,29)30)37(4)20-6-7-36(3)14-20/h8-13,15,20H,6-7,14,31-32H2,1-5H3,(H,35,40)/b24-15-. The summed E-state index contributed by atoms with van der Waals surface area (Å²) in [6, 6.07) is 5.54. The van der Waals surface area contributed by atoms with Gasteiger partial charge in [0.2, 0.25) is 0 Å². The number of hydrogen-bond acceptors (Lipinski definition) is 9. The number of hydrogen-bond donors (Lipinski definition) is 3. The number of carbonyl (C=O) groups excluding carboxylic acids is 1. The van der Waals surface area contributed by atoms with Crippen molar-refractivity contribution in [1.82, 2.24) is 19.7 Å². The summed E-state index contributed by atoms with van der Waals surface area (Å²) in [4.78, 5) is 21.6. The van der Waals surface area contributed by atoms with Crippen molar-refractivity contribution in [3.8, 4) is 5.75 Å². The first-order valence-corrected chi connectivity index (χ1v) is 12.8. The van der Waals surface area contributed by atoms with Gasteiger partial charge in [0.1, 0.15) is 5.75 Å². The predicted molar refractivity (Wildman–Crippen MR) is 151 cm³/mol. The van der Waals surface area contributed by atoms with Gasteiger partial charge in [-0.25, -0.2) is 5.84 Å². The summed E-state index contributed by atoms with van der Waals surface area (Å²) in [7, 11) is 5.56. The smallest absolute Gasteiger partial charge is 0.406 e. The van der Waals surface area contributed by atoms with Crippen molar-refractivity contribution in [3.63, 3.8) is 0 Å². The van der Waals surface area contributed by atoms with Gasteiger partial charge in [0.15, 0.2) is 0 Å². The highest BCUT2D eigenvalue weighted by Gasteiger charge is 2.32. The molecule has 1 amide bonds. The van der Waals surface area contributed by atoms with Gasteiger partial charge in [-0.1, -0.05) is 0 Å². The zero-order valence-corrected chi connectivity index (χ0v) is 23.5. The quantitative estimate of drug-likeness (QED) is 0.274. The Labute approximate surface area is 236 Å². The molecule has 11 nitrogen and oxygen atoms in total. The number of anilines is 3. The van der Waals surface area contributed by atoms with Crippen LogP contribution in [0.5, 0.6) is 5.75 Å². The van der Waals surface area contributed by atoms with Crippen LogP contribution in [0.25, 0.3) is 5.70 Å². The molecule has 0 spiro atoms.